The van der Waals surface area contributed by atoms with E-state index >= 15 is 0 Å². The first-order valence-electron chi connectivity index (χ1n) is 10.6. The molecule has 8 heteroatoms. The molecule has 1 heterocycles. The molecule has 0 radical (unpaired) electrons. The van der Waals surface area contributed by atoms with E-state index in [9.17, 15) is 4.39 Å². The van der Waals surface area contributed by atoms with Crippen molar-refractivity contribution >= 4 is 38.9 Å². The van der Waals surface area contributed by atoms with Crippen LogP contribution in [0.1, 0.15) is 11.1 Å². The van der Waals surface area contributed by atoms with Crippen LogP contribution in [0.4, 0.5) is 15.8 Å². The number of morpholine rings is 1. The number of halogens is 3. The highest BCUT2D eigenvalue weighted by Crippen LogP contribution is 2.38. The minimum absolute atomic E-state index is 0.196. The molecule has 1 fully saturated rings. The molecular weight excluding hydrogens is 511 g/mol. The lowest BCUT2D eigenvalue weighted by atomic mass is 10.2. The molecule has 174 valence electrons. The van der Waals surface area contributed by atoms with Crippen molar-refractivity contribution in [3.05, 3.63) is 81.0 Å². The van der Waals surface area contributed by atoms with Crippen molar-refractivity contribution in [2.24, 2.45) is 0 Å². The summed E-state index contributed by atoms with van der Waals surface area (Å²) in [6.45, 7) is 4.20. The van der Waals surface area contributed by atoms with Crippen LogP contribution in [-0.2, 0) is 17.9 Å². The molecule has 1 saturated heterocycles. The third-order valence-corrected chi connectivity index (χ3v) is 6.36. The molecule has 0 bridgehead atoms. The number of benzene rings is 3. The van der Waals surface area contributed by atoms with Crippen LogP contribution in [0.15, 0.2) is 59.1 Å². The predicted molar refractivity (Wildman–Crippen MR) is 133 cm³/mol. The first kappa shape index (κ1) is 23.7. The van der Waals surface area contributed by atoms with Crippen molar-refractivity contribution in [2.45, 2.75) is 13.2 Å². The van der Waals surface area contributed by atoms with Gasteiger partial charge in [-0.05, 0) is 70.0 Å². The molecular formula is C25H25BrClFN2O3. The Labute approximate surface area is 206 Å². The normalized spacial score (nSPS) is 13.6. The summed E-state index contributed by atoms with van der Waals surface area (Å²) >= 11 is 9.69. The van der Waals surface area contributed by atoms with Crippen LogP contribution < -0.4 is 19.7 Å². The Morgan fingerprint density at radius 2 is 1.85 bits per heavy atom. The highest BCUT2D eigenvalue weighted by atomic mass is 79.9. The van der Waals surface area contributed by atoms with Crippen molar-refractivity contribution in [1.29, 1.82) is 0 Å². The van der Waals surface area contributed by atoms with Gasteiger partial charge in [-0.1, -0.05) is 17.7 Å². The van der Waals surface area contributed by atoms with Crippen LogP contribution in [0.5, 0.6) is 11.5 Å². The highest BCUT2D eigenvalue weighted by Gasteiger charge is 2.14. The fourth-order valence-electron chi connectivity index (χ4n) is 3.62. The van der Waals surface area contributed by atoms with Gasteiger partial charge in [-0.25, -0.2) is 4.39 Å². The van der Waals surface area contributed by atoms with Gasteiger partial charge in [0.15, 0.2) is 11.5 Å². The second-order valence-corrected chi connectivity index (χ2v) is 8.89. The van der Waals surface area contributed by atoms with E-state index in [4.69, 9.17) is 25.8 Å². The molecule has 3 aromatic rings. The summed E-state index contributed by atoms with van der Waals surface area (Å²) in [6, 6.07) is 16.6. The molecule has 0 saturated carbocycles. The quantitative estimate of drug-likeness (QED) is 0.368. The SMILES string of the molecule is COc1cc(CNc2ccc(N3CCOCC3)cc2)cc(Br)c1OCc1ccc(F)cc1Cl. The maximum Gasteiger partial charge on any atom is 0.175 e. The molecule has 3 aromatic carbocycles. The topological polar surface area (TPSA) is 43.0 Å². The average molecular weight is 536 g/mol. The summed E-state index contributed by atoms with van der Waals surface area (Å²) in [5, 5.41) is 3.77. The lowest BCUT2D eigenvalue weighted by Gasteiger charge is -2.29. The van der Waals surface area contributed by atoms with Gasteiger partial charge in [-0.3, -0.25) is 0 Å². The second kappa shape index (κ2) is 11.1. The molecule has 1 N–H and O–H groups in total. The Kier molecular flexibility index (Phi) is 7.96. The van der Waals surface area contributed by atoms with Gasteiger partial charge in [0.2, 0.25) is 0 Å². The van der Waals surface area contributed by atoms with Crippen LogP contribution >= 0.6 is 27.5 Å². The maximum absolute atomic E-state index is 13.3. The number of rotatable bonds is 8. The summed E-state index contributed by atoms with van der Waals surface area (Å²) in [4.78, 5) is 2.33. The first-order valence-corrected chi connectivity index (χ1v) is 11.8. The van der Waals surface area contributed by atoms with Gasteiger partial charge in [0.1, 0.15) is 12.4 Å². The number of methoxy groups -OCH3 is 1. The Hall–Kier alpha value is -2.48. The summed E-state index contributed by atoms with van der Waals surface area (Å²) in [5.41, 5.74) is 3.96. The van der Waals surface area contributed by atoms with Gasteiger partial charge in [-0.15, -0.1) is 0 Å². The Balaban J connectivity index is 1.39. The van der Waals surface area contributed by atoms with E-state index < -0.39 is 0 Å². The molecule has 0 amide bonds. The summed E-state index contributed by atoms with van der Waals surface area (Å²) in [5.74, 6) is 0.786. The molecule has 0 atom stereocenters. The molecule has 33 heavy (non-hydrogen) atoms. The third-order valence-electron chi connectivity index (χ3n) is 5.42. The third kappa shape index (κ3) is 6.10. The Morgan fingerprint density at radius 3 is 2.55 bits per heavy atom. The number of nitrogens with one attached hydrogen (secondary N) is 1. The molecule has 5 nitrogen and oxygen atoms in total. The van der Waals surface area contributed by atoms with E-state index in [1.165, 1.54) is 17.8 Å². The van der Waals surface area contributed by atoms with Gasteiger partial charge < -0.3 is 24.4 Å². The summed E-state index contributed by atoms with van der Waals surface area (Å²) in [6.07, 6.45) is 0. The molecule has 0 aromatic heterocycles. The Bertz CT molecular complexity index is 1090. The zero-order chi connectivity index (χ0) is 23.2. The van der Waals surface area contributed by atoms with Crippen LogP contribution in [0.25, 0.3) is 0 Å². The van der Waals surface area contributed by atoms with Gasteiger partial charge in [0.25, 0.3) is 0 Å². The minimum Gasteiger partial charge on any atom is -0.493 e. The van der Waals surface area contributed by atoms with Gasteiger partial charge in [0.05, 0.1) is 29.8 Å². The number of hydrogen-bond donors (Lipinski definition) is 1. The first-order chi connectivity index (χ1) is 16.0. The second-order valence-electron chi connectivity index (χ2n) is 7.63. The van der Waals surface area contributed by atoms with Crippen molar-refractivity contribution in [3.63, 3.8) is 0 Å². The zero-order valence-corrected chi connectivity index (χ0v) is 20.6. The van der Waals surface area contributed by atoms with E-state index in [1.807, 2.05) is 12.1 Å². The number of nitrogens with zero attached hydrogens (tertiary/aromatic N) is 1. The van der Waals surface area contributed by atoms with Gasteiger partial charge >= 0.3 is 0 Å². The Morgan fingerprint density at radius 1 is 1.09 bits per heavy atom. The highest BCUT2D eigenvalue weighted by molar-refractivity contribution is 9.10. The van der Waals surface area contributed by atoms with Gasteiger partial charge in [0, 0.05) is 36.6 Å². The largest absolute Gasteiger partial charge is 0.493 e. The zero-order valence-electron chi connectivity index (χ0n) is 18.2. The number of anilines is 2. The number of hydrogen-bond acceptors (Lipinski definition) is 5. The van der Waals surface area contributed by atoms with Crippen molar-refractivity contribution < 1.29 is 18.6 Å². The monoisotopic (exact) mass is 534 g/mol. The van der Waals surface area contributed by atoms with E-state index in [-0.39, 0.29) is 12.4 Å². The van der Waals surface area contributed by atoms with Crippen LogP contribution in [0.3, 0.4) is 0 Å². The van der Waals surface area contributed by atoms with E-state index in [2.05, 4.69) is 50.4 Å². The van der Waals surface area contributed by atoms with E-state index in [0.29, 0.717) is 28.6 Å². The molecule has 0 spiro atoms. The lowest BCUT2D eigenvalue weighted by Crippen LogP contribution is -2.36. The smallest absolute Gasteiger partial charge is 0.175 e. The van der Waals surface area contributed by atoms with Crippen LogP contribution in [0.2, 0.25) is 5.02 Å². The lowest BCUT2D eigenvalue weighted by molar-refractivity contribution is 0.122. The molecule has 1 aliphatic rings. The van der Waals surface area contributed by atoms with Crippen molar-refractivity contribution in [3.8, 4) is 11.5 Å². The average Bonchev–Trinajstić information content (AvgIpc) is 2.83. The van der Waals surface area contributed by atoms with Crippen molar-refractivity contribution in [1.82, 2.24) is 0 Å². The van der Waals surface area contributed by atoms with Crippen LogP contribution in [-0.4, -0.2) is 33.4 Å². The fraction of sp³-hybridized carbons (Fsp3) is 0.280. The van der Waals surface area contributed by atoms with Gasteiger partial charge in [-0.2, -0.15) is 0 Å². The predicted octanol–water partition coefficient (Wildman–Crippen LogP) is 6.28. The fourth-order valence-corrected chi connectivity index (χ4v) is 4.45. The standard InChI is InChI=1S/C25H25BrClFN2O3/c1-31-24-13-17(12-22(26)25(24)33-16-18-2-3-19(28)14-23(18)27)15-29-20-4-6-21(7-5-20)30-8-10-32-11-9-30/h2-7,12-14,29H,8-11,15-16H2,1H3. The summed E-state index contributed by atoms with van der Waals surface area (Å²) < 4.78 is 30.9. The molecule has 0 aliphatic carbocycles. The minimum atomic E-state index is -0.380. The molecule has 0 unspecified atom stereocenters. The van der Waals surface area contributed by atoms with E-state index in [1.54, 1.807) is 13.2 Å². The van der Waals surface area contributed by atoms with Crippen molar-refractivity contribution in [2.75, 3.05) is 43.6 Å². The maximum atomic E-state index is 13.3. The molecule has 1 aliphatic heterocycles. The number of ether oxygens (including phenoxy) is 3. The van der Waals surface area contributed by atoms with E-state index in [0.717, 1.165) is 42.0 Å². The molecule has 4 rings (SSSR count). The van der Waals surface area contributed by atoms with Crippen LogP contribution in [0, 0.1) is 5.82 Å². The summed E-state index contributed by atoms with van der Waals surface area (Å²) in [7, 11) is 1.60.